The monoisotopic (exact) mass is 331 g/mol. The fraction of sp³-hybridized carbons (Fsp3) is 0.278. The Bertz CT molecular complexity index is 763. The van der Waals surface area contributed by atoms with E-state index < -0.39 is 0 Å². The lowest BCUT2D eigenvalue weighted by Crippen LogP contribution is -2.32. The highest BCUT2D eigenvalue weighted by atomic mass is 19.1. The van der Waals surface area contributed by atoms with E-state index in [1.807, 2.05) is 0 Å². The molecule has 1 atom stereocenters. The molecule has 2 aromatic carbocycles. The standard InChI is InChI=1S/C18H18FNO4/c1-22-16-5-3-11(9-17(16)23-2)18(21)20-14-7-8-24-15-6-4-12(19)10-13(14)15/h3-6,9-10,14H,7-8H2,1-2H3,(H,20,21). The number of ether oxygens (including phenoxy) is 3. The van der Waals surface area contributed by atoms with E-state index in [2.05, 4.69) is 5.32 Å². The quantitative estimate of drug-likeness (QED) is 0.935. The summed E-state index contributed by atoms with van der Waals surface area (Å²) >= 11 is 0. The van der Waals surface area contributed by atoms with Crippen molar-refractivity contribution in [1.29, 1.82) is 0 Å². The van der Waals surface area contributed by atoms with Crippen molar-refractivity contribution in [2.75, 3.05) is 20.8 Å². The molecule has 1 aliphatic heterocycles. The predicted molar refractivity (Wildman–Crippen MR) is 86.3 cm³/mol. The number of fused-ring (bicyclic) bond motifs is 1. The van der Waals surface area contributed by atoms with Gasteiger partial charge in [-0.1, -0.05) is 0 Å². The van der Waals surface area contributed by atoms with E-state index >= 15 is 0 Å². The topological polar surface area (TPSA) is 56.8 Å². The van der Waals surface area contributed by atoms with Crippen molar-refractivity contribution < 1.29 is 23.4 Å². The second kappa shape index (κ2) is 6.78. The Balaban J connectivity index is 1.82. The van der Waals surface area contributed by atoms with Gasteiger partial charge in [-0.25, -0.2) is 4.39 Å². The van der Waals surface area contributed by atoms with Crippen molar-refractivity contribution in [3.8, 4) is 17.2 Å². The summed E-state index contributed by atoms with van der Waals surface area (Å²) in [6.07, 6.45) is 0.579. The highest BCUT2D eigenvalue weighted by molar-refractivity contribution is 5.95. The summed E-state index contributed by atoms with van der Waals surface area (Å²) in [5.74, 6) is 0.999. The summed E-state index contributed by atoms with van der Waals surface area (Å²) in [5.41, 5.74) is 1.09. The molecule has 1 aliphatic rings. The number of nitrogens with one attached hydrogen (secondary N) is 1. The molecule has 6 heteroatoms. The number of carbonyl (C=O) groups excluding carboxylic acids is 1. The summed E-state index contributed by atoms with van der Waals surface area (Å²) in [5, 5.41) is 2.93. The van der Waals surface area contributed by atoms with Crippen LogP contribution in [0, 0.1) is 5.82 Å². The number of halogens is 1. The normalized spacial score (nSPS) is 15.9. The van der Waals surface area contributed by atoms with E-state index in [9.17, 15) is 9.18 Å². The molecule has 0 radical (unpaired) electrons. The maximum absolute atomic E-state index is 13.5. The molecule has 0 bridgehead atoms. The SMILES string of the molecule is COc1ccc(C(=O)NC2CCOc3ccc(F)cc32)cc1OC. The van der Waals surface area contributed by atoms with Gasteiger partial charge in [-0.15, -0.1) is 0 Å². The van der Waals surface area contributed by atoms with Crippen LogP contribution < -0.4 is 19.5 Å². The summed E-state index contributed by atoms with van der Waals surface area (Å²) in [6, 6.07) is 8.96. The van der Waals surface area contributed by atoms with E-state index in [4.69, 9.17) is 14.2 Å². The third kappa shape index (κ3) is 3.13. The molecule has 1 unspecified atom stereocenters. The lowest BCUT2D eigenvalue weighted by Gasteiger charge is -2.26. The molecule has 3 rings (SSSR count). The highest BCUT2D eigenvalue weighted by Gasteiger charge is 2.24. The third-order valence-corrected chi connectivity index (χ3v) is 3.96. The van der Waals surface area contributed by atoms with Crippen LogP contribution in [-0.4, -0.2) is 26.7 Å². The smallest absolute Gasteiger partial charge is 0.251 e. The van der Waals surface area contributed by atoms with Crippen molar-refractivity contribution >= 4 is 5.91 Å². The number of methoxy groups -OCH3 is 2. The lowest BCUT2D eigenvalue weighted by atomic mass is 10.00. The summed E-state index contributed by atoms with van der Waals surface area (Å²) in [4.78, 5) is 12.5. The largest absolute Gasteiger partial charge is 0.493 e. The van der Waals surface area contributed by atoms with Gasteiger partial charge in [-0.3, -0.25) is 4.79 Å². The van der Waals surface area contributed by atoms with Crippen LogP contribution in [0.25, 0.3) is 0 Å². The molecule has 0 saturated carbocycles. The van der Waals surface area contributed by atoms with Crippen molar-refractivity contribution in [2.24, 2.45) is 0 Å². The molecule has 24 heavy (non-hydrogen) atoms. The Morgan fingerprint density at radius 2 is 1.96 bits per heavy atom. The molecule has 1 N–H and O–H groups in total. The van der Waals surface area contributed by atoms with E-state index in [1.165, 1.54) is 26.4 Å². The Morgan fingerprint density at radius 3 is 2.71 bits per heavy atom. The van der Waals surface area contributed by atoms with Gasteiger partial charge in [0.1, 0.15) is 11.6 Å². The van der Waals surface area contributed by atoms with Crippen LogP contribution in [0.5, 0.6) is 17.2 Å². The fourth-order valence-corrected chi connectivity index (χ4v) is 2.73. The molecule has 0 aromatic heterocycles. The van der Waals surface area contributed by atoms with Crippen LogP contribution in [0.4, 0.5) is 4.39 Å². The van der Waals surface area contributed by atoms with E-state index in [-0.39, 0.29) is 17.8 Å². The molecule has 0 saturated heterocycles. The lowest BCUT2D eigenvalue weighted by molar-refractivity contribution is 0.0924. The first-order chi connectivity index (χ1) is 11.6. The van der Waals surface area contributed by atoms with Crippen molar-refractivity contribution in [3.05, 3.63) is 53.3 Å². The molecule has 5 nitrogen and oxygen atoms in total. The van der Waals surface area contributed by atoms with Gasteiger partial charge in [0.15, 0.2) is 11.5 Å². The summed E-state index contributed by atoms with van der Waals surface area (Å²) in [6.45, 7) is 0.468. The molecule has 0 aliphatic carbocycles. The Labute approximate surface area is 139 Å². The van der Waals surface area contributed by atoms with Crippen molar-refractivity contribution in [1.82, 2.24) is 5.32 Å². The van der Waals surface area contributed by atoms with Crippen LogP contribution in [-0.2, 0) is 0 Å². The van der Waals surface area contributed by atoms with Crippen LogP contribution in [0.3, 0.4) is 0 Å². The first-order valence-corrected chi connectivity index (χ1v) is 7.57. The average molecular weight is 331 g/mol. The molecule has 2 aromatic rings. The van der Waals surface area contributed by atoms with Crippen LogP contribution in [0.2, 0.25) is 0 Å². The zero-order chi connectivity index (χ0) is 17.1. The number of carbonyl (C=O) groups is 1. The van der Waals surface area contributed by atoms with Gasteiger partial charge in [0, 0.05) is 17.5 Å². The summed E-state index contributed by atoms with van der Waals surface area (Å²) in [7, 11) is 3.04. The minimum absolute atomic E-state index is 0.266. The number of rotatable bonds is 4. The molecule has 1 amide bonds. The minimum atomic E-state index is -0.357. The molecular formula is C18H18FNO4. The van der Waals surface area contributed by atoms with Crippen LogP contribution in [0.1, 0.15) is 28.4 Å². The van der Waals surface area contributed by atoms with Crippen molar-refractivity contribution in [3.63, 3.8) is 0 Å². The van der Waals surface area contributed by atoms with Gasteiger partial charge in [0.05, 0.1) is 26.9 Å². The first-order valence-electron chi connectivity index (χ1n) is 7.57. The molecule has 0 fully saturated rings. The van der Waals surface area contributed by atoms with Gasteiger partial charge in [0.25, 0.3) is 5.91 Å². The Kier molecular flexibility index (Phi) is 4.55. The van der Waals surface area contributed by atoms with Gasteiger partial charge in [-0.2, -0.15) is 0 Å². The fourth-order valence-electron chi connectivity index (χ4n) is 2.73. The first kappa shape index (κ1) is 16.1. The second-order valence-corrected chi connectivity index (χ2v) is 5.42. The second-order valence-electron chi connectivity index (χ2n) is 5.42. The van der Waals surface area contributed by atoms with Crippen molar-refractivity contribution in [2.45, 2.75) is 12.5 Å². The van der Waals surface area contributed by atoms with Gasteiger partial charge >= 0.3 is 0 Å². The zero-order valence-corrected chi connectivity index (χ0v) is 13.5. The Morgan fingerprint density at radius 1 is 1.17 bits per heavy atom. The van der Waals surface area contributed by atoms with E-state index in [0.29, 0.717) is 41.4 Å². The number of hydrogen-bond donors (Lipinski definition) is 1. The number of hydrogen-bond acceptors (Lipinski definition) is 4. The average Bonchev–Trinajstić information content (AvgIpc) is 2.61. The minimum Gasteiger partial charge on any atom is -0.493 e. The third-order valence-electron chi connectivity index (χ3n) is 3.96. The number of amides is 1. The predicted octanol–water partition coefficient (Wildman–Crippen LogP) is 3.10. The maximum atomic E-state index is 13.5. The Hall–Kier alpha value is -2.76. The van der Waals surface area contributed by atoms with Gasteiger partial charge in [0.2, 0.25) is 0 Å². The van der Waals surface area contributed by atoms with Gasteiger partial charge < -0.3 is 19.5 Å². The van der Waals surface area contributed by atoms with Crippen LogP contribution >= 0.6 is 0 Å². The van der Waals surface area contributed by atoms with Gasteiger partial charge in [-0.05, 0) is 36.4 Å². The molecule has 1 heterocycles. The van der Waals surface area contributed by atoms with Crippen LogP contribution in [0.15, 0.2) is 36.4 Å². The molecular weight excluding hydrogens is 313 g/mol. The highest BCUT2D eigenvalue weighted by Crippen LogP contribution is 2.33. The summed E-state index contributed by atoms with van der Waals surface area (Å²) < 4.78 is 29.4. The molecule has 126 valence electrons. The maximum Gasteiger partial charge on any atom is 0.251 e. The number of benzene rings is 2. The van der Waals surface area contributed by atoms with E-state index in [1.54, 1.807) is 24.3 Å². The zero-order valence-electron chi connectivity index (χ0n) is 13.5. The molecule has 0 spiro atoms. The van der Waals surface area contributed by atoms with E-state index in [0.717, 1.165) is 0 Å².